The van der Waals surface area contributed by atoms with Gasteiger partial charge in [-0.3, -0.25) is 5.10 Å². The topological polar surface area (TPSA) is 134 Å². The number of carbonyl (C=O) groups is 3. The minimum atomic E-state index is -0.828. The Morgan fingerprint density at radius 2 is 1.88 bits per heavy atom. The molecule has 10 nitrogen and oxygen atoms in total. The predicted molar refractivity (Wildman–Crippen MR) is 119 cm³/mol. The number of aromatic amines is 1. The van der Waals surface area contributed by atoms with E-state index in [9.17, 15) is 14.4 Å². The Balaban J connectivity index is 1.74. The van der Waals surface area contributed by atoms with Gasteiger partial charge in [0.25, 0.3) is 0 Å². The standard InChI is InChI=1S/C22H31N5O5/c1-22(2,3)32-19(28)18(27-20(29)26-17-13-24-25-14-17)11-7-8-12-23-21(30)31-15-16-9-5-4-6-10-16/h4-6,9-10,13-14,18H,7-8,11-12,15H2,1-3H3,(H,23,30)(H,24,25)(H2,26,27,29)/t18-/m0/s1. The fraction of sp³-hybridized carbons (Fsp3) is 0.455. The van der Waals surface area contributed by atoms with E-state index < -0.39 is 29.7 Å². The van der Waals surface area contributed by atoms with Crippen molar-refractivity contribution >= 4 is 23.8 Å². The third kappa shape index (κ3) is 9.96. The maximum absolute atomic E-state index is 12.5. The van der Waals surface area contributed by atoms with Crippen molar-refractivity contribution in [2.45, 2.75) is 58.3 Å². The van der Waals surface area contributed by atoms with Gasteiger partial charge < -0.3 is 25.4 Å². The van der Waals surface area contributed by atoms with Gasteiger partial charge in [0.1, 0.15) is 18.2 Å². The summed E-state index contributed by atoms with van der Waals surface area (Å²) in [5.74, 6) is -0.518. The molecule has 174 valence electrons. The Kier molecular flexibility index (Phi) is 9.52. The molecule has 1 aromatic carbocycles. The summed E-state index contributed by atoms with van der Waals surface area (Å²) in [5.41, 5.74) is 0.702. The van der Waals surface area contributed by atoms with E-state index in [0.29, 0.717) is 31.5 Å². The Hall–Kier alpha value is -3.56. The smallest absolute Gasteiger partial charge is 0.407 e. The summed E-state index contributed by atoms with van der Waals surface area (Å²) in [6.45, 7) is 5.87. The minimum absolute atomic E-state index is 0.198. The van der Waals surface area contributed by atoms with E-state index in [1.807, 2.05) is 30.3 Å². The van der Waals surface area contributed by atoms with Gasteiger partial charge in [-0.2, -0.15) is 5.10 Å². The highest BCUT2D eigenvalue weighted by atomic mass is 16.6. The van der Waals surface area contributed by atoms with Gasteiger partial charge in [-0.25, -0.2) is 14.4 Å². The van der Waals surface area contributed by atoms with Crippen LogP contribution in [0.1, 0.15) is 45.6 Å². The molecule has 32 heavy (non-hydrogen) atoms. The van der Waals surface area contributed by atoms with Crippen LogP contribution in [0.2, 0.25) is 0 Å². The maximum Gasteiger partial charge on any atom is 0.407 e. The lowest BCUT2D eigenvalue weighted by atomic mass is 10.1. The number of rotatable bonds is 10. The summed E-state index contributed by atoms with van der Waals surface area (Å²) in [4.78, 5) is 36.5. The number of ether oxygens (including phenoxy) is 2. The number of esters is 1. The number of amides is 3. The molecular weight excluding hydrogens is 414 g/mol. The molecule has 0 saturated heterocycles. The molecular formula is C22H31N5O5. The number of hydrogen-bond donors (Lipinski definition) is 4. The second-order valence-electron chi connectivity index (χ2n) is 8.16. The minimum Gasteiger partial charge on any atom is -0.458 e. The average Bonchev–Trinajstić information content (AvgIpc) is 3.23. The molecule has 0 aliphatic rings. The number of benzene rings is 1. The number of carbonyl (C=O) groups excluding carboxylic acids is 3. The molecule has 0 aliphatic carbocycles. The van der Waals surface area contributed by atoms with Gasteiger partial charge in [0.15, 0.2) is 0 Å². The van der Waals surface area contributed by atoms with Crippen molar-refractivity contribution < 1.29 is 23.9 Å². The summed E-state index contributed by atoms with van der Waals surface area (Å²) in [5, 5.41) is 14.2. The zero-order valence-electron chi connectivity index (χ0n) is 18.6. The normalized spacial score (nSPS) is 11.8. The zero-order chi connectivity index (χ0) is 23.4. The molecule has 0 radical (unpaired) electrons. The molecule has 0 saturated carbocycles. The average molecular weight is 446 g/mol. The SMILES string of the molecule is CC(C)(C)OC(=O)[C@H](CCCCNC(=O)OCc1ccccc1)NC(=O)Nc1cn[nH]c1. The molecule has 1 atom stereocenters. The molecule has 0 fully saturated rings. The van der Waals surface area contributed by atoms with E-state index >= 15 is 0 Å². The monoisotopic (exact) mass is 445 g/mol. The van der Waals surface area contributed by atoms with E-state index in [1.54, 1.807) is 20.8 Å². The van der Waals surface area contributed by atoms with E-state index in [0.717, 1.165) is 5.56 Å². The molecule has 0 bridgehead atoms. The molecule has 0 unspecified atom stereocenters. The Bertz CT molecular complexity index is 849. The number of aromatic nitrogens is 2. The third-order valence-corrected chi connectivity index (χ3v) is 4.15. The fourth-order valence-corrected chi connectivity index (χ4v) is 2.70. The predicted octanol–water partition coefficient (Wildman–Crippen LogP) is 3.34. The van der Waals surface area contributed by atoms with Crippen molar-refractivity contribution in [2.75, 3.05) is 11.9 Å². The Labute approximate surface area is 187 Å². The molecule has 1 heterocycles. The first-order chi connectivity index (χ1) is 15.2. The lowest BCUT2D eigenvalue weighted by Gasteiger charge is -2.24. The van der Waals surface area contributed by atoms with Crippen LogP contribution in [-0.4, -0.2) is 46.5 Å². The summed E-state index contributed by atoms with van der Waals surface area (Å²) in [7, 11) is 0. The van der Waals surface area contributed by atoms with Crippen molar-refractivity contribution in [3.63, 3.8) is 0 Å². The molecule has 1 aromatic heterocycles. The van der Waals surface area contributed by atoms with Crippen LogP contribution in [0.15, 0.2) is 42.7 Å². The van der Waals surface area contributed by atoms with Gasteiger partial charge in [-0.05, 0) is 45.6 Å². The van der Waals surface area contributed by atoms with Crippen LogP contribution in [0.25, 0.3) is 0 Å². The number of urea groups is 1. The first-order valence-electron chi connectivity index (χ1n) is 10.5. The van der Waals surface area contributed by atoms with E-state index in [-0.39, 0.29) is 6.61 Å². The molecule has 0 spiro atoms. The quantitative estimate of drug-likeness (QED) is 0.327. The van der Waals surface area contributed by atoms with Gasteiger partial charge in [-0.1, -0.05) is 30.3 Å². The number of hydrogen-bond acceptors (Lipinski definition) is 6. The highest BCUT2D eigenvalue weighted by Gasteiger charge is 2.26. The number of H-pyrrole nitrogens is 1. The van der Waals surface area contributed by atoms with Crippen molar-refractivity contribution in [1.29, 1.82) is 0 Å². The van der Waals surface area contributed by atoms with Crippen molar-refractivity contribution in [3.8, 4) is 0 Å². The van der Waals surface area contributed by atoms with Crippen molar-refractivity contribution in [2.24, 2.45) is 0 Å². The summed E-state index contributed by atoms with van der Waals surface area (Å²) < 4.78 is 10.6. The highest BCUT2D eigenvalue weighted by Crippen LogP contribution is 2.12. The van der Waals surface area contributed by atoms with Gasteiger partial charge in [0.05, 0.1) is 11.9 Å². The van der Waals surface area contributed by atoms with E-state index in [1.165, 1.54) is 12.4 Å². The molecule has 2 rings (SSSR count). The van der Waals surface area contributed by atoms with Gasteiger partial charge in [0.2, 0.25) is 0 Å². The van der Waals surface area contributed by atoms with Crippen LogP contribution in [0.3, 0.4) is 0 Å². The largest absolute Gasteiger partial charge is 0.458 e. The Morgan fingerprint density at radius 1 is 1.12 bits per heavy atom. The number of alkyl carbamates (subject to hydrolysis) is 1. The molecule has 3 amide bonds. The maximum atomic E-state index is 12.5. The van der Waals surface area contributed by atoms with Crippen LogP contribution in [0, 0.1) is 0 Å². The lowest BCUT2D eigenvalue weighted by Crippen LogP contribution is -2.45. The second-order valence-corrected chi connectivity index (χ2v) is 8.16. The van der Waals surface area contributed by atoms with Crippen molar-refractivity contribution in [3.05, 3.63) is 48.3 Å². The first kappa shape index (κ1) is 24.7. The van der Waals surface area contributed by atoms with Crippen LogP contribution in [-0.2, 0) is 20.9 Å². The molecule has 10 heteroatoms. The van der Waals surface area contributed by atoms with Crippen LogP contribution in [0.4, 0.5) is 15.3 Å². The highest BCUT2D eigenvalue weighted by molar-refractivity contribution is 5.92. The zero-order valence-corrected chi connectivity index (χ0v) is 18.6. The van der Waals surface area contributed by atoms with Gasteiger partial charge in [-0.15, -0.1) is 0 Å². The summed E-state index contributed by atoms with van der Waals surface area (Å²) >= 11 is 0. The van der Waals surface area contributed by atoms with Gasteiger partial charge in [0, 0.05) is 12.7 Å². The molecule has 4 N–H and O–H groups in total. The van der Waals surface area contributed by atoms with Crippen LogP contribution < -0.4 is 16.0 Å². The summed E-state index contributed by atoms with van der Waals surface area (Å²) in [6.07, 6.45) is 4.00. The number of anilines is 1. The van der Waals surface area contributed by atoms with E-state index in [2.05, 4.69) is 26.1 Å². The molecule has 2 aromatic rings. The number of nitrogens with zero attached hydrogens (tertiary/aromatic N) is 1. The van der Waals surface area contributed by atoms with Crippen LogP contribution in [0.5, 0.6) is 0 Å². The lowest BCUT2D eigenvalue weighted by molar-refractivity contribution is -0.157. The van der Waals surface area contributed by atoms with Crippen LogP contribution >= 0.6 is 0 Å². The first-order valence-corrected chi connectivity index (χ1v) is 10.5. The molecule has 0 aliphatic heterocycles. The Morgan fingerprint density at radius 3 is 2.53 bits per heavy atom. The summed E-state index contributed by atoms with van der Waals surface area (Å²) in [6, 6.07) is 8.03. The second kappa shape index (κ2) is 12.3. The third-order valence-electron chi connectivity index (χ3n) is 4.15. The number of nitrogens with one attached hydrogen (secondary N) is 4. The van der Waals surface area contributed by atoms with E-state index in [4.69, 9.17) is 9.47 Å². The fourth-order valence-electron chi connectivity index (χ4n) is 2.70. The number of unbranched alkanes of at least 4 members (excludes halogenated alkanes) is 1. The van der Waals surface area contributed by atoms with Crippen molar-refractivity contribution in [1.82, 2.24) is 20.8 Å². The van der Waals surface area contributed by atoms with Gasteiger partial charge >= 0.3 is 18.1 Å².